The number of aryl methyl sites for hydroxylation is 1. The lowest BCUT2D eigenvalue weighted by molar-refractivity contribution is -0.0197. The van der Waals surface area contributed by atoms with E-state index in [0.717, 1.165) is 17.1 Å². The molecule has 150 valence electrons. The average molecular weight is 392 g/mol. The zero-order valence-electron chi connectivity index (χ0n) is 16.3. The van der Waals surface area contributed by atoms with Crippen LogP contribution in [0.15, 0.2) is 65.3 Å². The standard InChI is InChI=1S/C22H24N4O3/c1-16-7-8-19(29-16)14-26-12-10-22(20(27)15-26,18-5-3-2-4-6-18)25-21(28)17-9-11-23-24-13-17/h2-9,11,13,20,27H,10,12,14-15H2,1H3,(H,25,28)/t20-,22-/m1/s1. The van der Waals surface area contributed by atoms with E-state index in [1.165, 1.54) is 12.4 Å². The number of nitrogens with one attached hydrogen (secondary N) is 1. The highest BCUT2D eigenvalue weighted by Gasteiger charge is 2.45. The predicted molar refractivity (Wildman–Crippen MR) is 107 cm³/mol. The number of hydrogen-bond donors (Lipinski definition) is 2. The van der Waals surface area contributed by atoms with Gasteiger partial charge in [0.1, 0.15) is 11.5 Å². The second-order valence-electron chi connectivity index (χ2n) is 7.44. The topological polar surface area (TPSA) is 91.5 Å². The molecule has 1 aliphatic heterocycles. The van der Waals surface area contributed by atoms with Crippen molar-refractivity contribution >= 4 is 5.91 Å². The molecule has 2 atom stereocenters. The van der Waals surface area contributed by atoms with Gasteiger partial charge in [0.15, 0.2) is 0 Å². The Labute approximate surface area is 169 Å². The Morgan fingerprint density at radius 3 is 2.72 bits per heavy atom. The second kappa shape index (κ2) is 8.14. The molecule has 1 fully saturated rings. The molecule has 0 saturated carbocycles. The van der Waals surface area contributed by atoms with Crippen LogP contribution in [0.2, 0.25) is 0 Å². The maximum absolute atomic E-state index is 12.9. The summed E-state index contributed by atoms with van der Waals surface area (Å²) in [6.45, 7) is 3.67. The van der Waals surface area contributed by atoms with Gasteiger partial charge in [-0.15, -0.1) is 0 Å². The SMILES string of the molecule is Cc1ccc(CN2CC[C@@](NC(=O)c3ccnnc3)(c3ccccc3)[C@H](O)C2)o1. The Morgan fingerprint density at radius 1 is 1.24 bits per heavy atom. The molecule has 7 heteroatoms. The highest BCUT2D eigenvalue weighted by atomic mass is 16.3. The maximum Gasteiger partial charge on any atom is 0.253 e. The summed E-state index contributed by atoms with van der Waals surface area (Å²) in [4.78, 5) is 15.0. The monoisotopic (exact) mass is 392 g/mol. The fourth-order valence-corrected chi connectivity index (χ4v) is 3.92. The Bertz CT molecular complexity index is 960. The molecule has 0 radical (unpaired) electrons. The number of aliphatic hydroxyl groups excluding tert-OH is 1. The number of amides is 1. The van der Waals surface area contributed by atoms with Crippen molar-refractivity contribution in [3.8, 4) is 0 Å². The van der Waals surface area contributed by atoms with Crippen LogP contribution in [0.4, 0.5) is 0 Å². The van der Waals surface area contributed by atoms with Gasteiger partial charge in [0.25, 0.3) is 5.91 Å². The van der Waals surface area contributed by atoms with E-state index < -0.39 is 11.6 Å². The van der Waals surface area contributed by atoms with Gasteiger partial charge in [-0.1, -0.05) is 30.3 Å². The number of rotatable bonds is 5. The number of carbonyl (C=O) groups is 1. The number of benzene rings is 1. The number of aromatic nitrogens is 2. The summed E-state index contributed by atoms with van der Waals surface area (Å²) < 4.78 is 5.67. The van der Waals surface area contributed by atoms with Crippen LogP contribution in [0, 0.1) is 6.92 Å². The van der Waals surface area contributed by atoms with Crippen LogP contribution in [0.25, 0.3) is 0 Å². The van der Waals surface area contributed by atoms with E-state index >= 15 is 0 Å². The fourth-order valence-electron chi connectivity index (χ4n) is 3.92. The number of likely N-dealkylation sites (tertiary alicyclic amines) is 1. The Kier molecular flexibility index (Phi) is 5.42. The van der Waals surface area contributed by atoms with Gasteiger partial charge in [-0.3, -0.25) is 9.69 Å². The number of β-amino-alcohol motifs (C(OH)–C–C–N with tert-alkyl or cyclic N) is 1. The van der Waals surface area contributed by atoms with E-state index in [1.807, 2.05) is 49.4 Å². The molecule has 29 heavy (non-hydrogen) atoms. The van der Waals surface area contributed by atoms with Crippen molar-refractivity contribution in [2.24, 2.45) is 0 Å². The number of aliphatic hydroxyl groups is 1. The number of hydrogen-bond acceptors (Lipinski definition) is 6. The molecule has 0 spiro atoms. The van der Waals surface area contributed by atoms with Crippen LogP contribution in [-0.2, 0) is 12.1 Å². The minimum absolute atomic E-state index is 0.280. The molecule has 1 aliphatic rings. The van der Waals surface area contributed by atoms with Crippen molar-refractivity contribution in [2.45, 2.75) is 31.5 Å². The zero-order valence-corrected chi connectivity index (χ0v) is 16.3. The molecular formula is C22H24N4O3. The molecule has 2 N–H and O–H groups in total. The smallest absolute Gasteiger partial charge is 0.253 e. The third-order valence-corrected chi connectivity index (χ3v) is 5.47. The van der Waals surface area contributed by atoms with E-state index in [4.69, 9.17) is 4.42 Å². The molecule has 1 aromatic carbocycles. The van der Waals surface area contributed by atoms with Gasteiger partial charge >= 0.3 is 0 Å². The summed E-state index contributed by atoms with van der Waals surface area (Å²) in [5.41, 5.74) is 0.421. The molecule has 0 bridgehead atoms. The molecular weight excluding hydrogens is 368 g/mol. The summed E-state index contributed by atoms with van der Waals surface area (Å²) in [5.74, 6) is 1.46. The normalized spacial score (nSPS) is 22.3. The summed E-state index contributed by atoms with van der Waals surface area (Å²) in [7, 11) is 0. The first-order valence-corrected chi connectivity index (χ1v) is 9.67. The minimum Gasteiger partial charge on any atom is -0.465 e. The van der Waals surface area contributed by atoms with Gasteiger partial charge in [0.2, 0.25) is 0 Å². The molecule has 3 aromatic rings. The molecule has 3 heterocycles. The third kappa shape index (κ3) is 4.06. The molecule has 7 nitrogen and oxygen atoms in total. The molecule has 1 saturated heterocycles. The summed E-state index contributed by atoms with van der Waals surface area (Å²) in [6, 6.07) is 15.2. The van der Waals surface area contributed by atoms with Crippen molar-refractivity contribution < 1.29 is 14.3 Å². The van der Waals surface area contributed by atoms with Crippen LogP contribution >= 0.6 is 0 Å². The minimum atomic E-state index is -0.878. The van der Waals surface area contributed by atoms with Crippen molar-refractivity contribution in [2.75, 3.05) is 13.1 Å². The third-order valence-electron chi connectivity index (χ3n) is 5.47. The van der Waals surface area contributed by atoms with E-state index in [2.05, 4.69) is 20.4 Å². The quantitative estimate of drug-likeness (QED) is 0.692. The first-order chi connectivity index (χ1) is 14.1. The summed E-state index contributed by atoms with van der Waals surface area (Å²) in [5, 5.41) is 21.8. The van der Waals surface area contributed by atoms with Crippen LogP contribution in [0.3, 0.4) is 0 Å². The highest BCUT2D eigenvalue weighted by molar-refractivity contribution is 5.94. The summed E-state index contributed by atoms with van der Waals surface area (Å²) in [6.07, 6.45) is 2.69. The zero-order chi connectivity index (χ0) is 20.3. The van der Waals surface area contributed by atoms with Gasteiger partial charge in [0.05, 0.1) is 36.1 Å². The Balaban J connectivity index is 1.57. The number of piperidine rings is 1. The maximum atomic E-state index is 12.9. The van der Waals surface area contributed by atoms with Crippen molar-refractivity contribution in [3.63, 3.8) is 0 Å². The predicted octanol–water partition coefficient (Wildman–Crippen LogP) is 2.27. The van der Waals surface area contributed by atoms with Crippen LogP contribution < -0.4 is 5.32 Å². The molecule has 1 amide bonds. The van der Waals surface area contributed by atoms with Gasteiger partial charge in [0, 0.05) is 13.1 Å². The van der Waals surface area contributed by atoms with Gasteiger partial charge in [-0.05, 0) is 37.1 Å². The number of furan rings is 1. The molecule has 4 rings (SSSR count). The van der Waals surface area contributed by atoms with Gasteiger partial charge in [-0.2, -0.15) is 10.2 Å². The first-order valence-electron chi connectivity index (χ1n) is 9.67. The van der Waals surface area contributed by atoms with Crippen molar-refractivity contribution in [1.29, 1.82) is 0 Å². The number of nitrogens with zero attached hydrogens (tertiary/aromatic N) is 3. The van der Waals surface area contributed by atoms with E-state index in [0.29, 0.717) is 31.6 Å². The van der Waals surface area contributed by atoms with E-state index in [9.17, 15) is 9.90 Å². The van der Waals surface area contributed by atoms with Gasteiger partial charge in [-0.25, -0.2) is 0 Å². The lowest BCUT2D eigenvalue weighted by atomic mass is 9.78. The number of carbonyl (C=O) groups excluding carboxylic acids is 1. The molecule has 0 unspecified atom stereocenters. The molecule has 2 aromatic heterocycles. The first kappa shape index (κ1) is 19.3. The van der Waals surface area contributed by atoms with Crippen LogP contribution in [0.5, 0.6) is 0 Å². The van der Waals surface area contributed by atoms with Crippen LogP contribution in [-0.4, -0.2) is 45.3 Å². The lowest BCUT2D eigenvalue weighted by Crippen LogP contribution is -2.61. The fraction of sp³-hybridized carbons (Fsp3) is 0.318. The van der Waals surface area contributed by atoms with Crippen molar-refractivity contribution in [3.05, 3.63) is 83.6 Å². The van der Waals surface area contributed by atoms with E-state index in [1.54, 1.807) is 6.07 Å². The lowest BCUT2D eigenvalue weighted by Gasteiger charge is -2.46. The van der Waals surface area contributed by atoms with Crippen LogP contribution in [0.1, 0.15) is 33.9 Å². The Morgan fingerprint density at radius 2 is 2.07 bits per heavy atom. The molecule has 0 aliphatic carbocycles. The Hall–Kier alpha value is -3.03. The largest absolute Gasteiger partial charge is 0.465 e. The second-order valence-corrected chi connectivity index (χ2v) is 7.44. The van der Waals surface area contributed by atoms with Crippen molar-refractivity contribution in [1.82, 2.24) is 20.4 Å². The summed E-state index contributed by atoms with van der Waals surface area (Å²) >= 11 is 0. The average Bonchev–Trinajstić information content (AvgIpc) is 3.16. The van der Waals surface area contributed by atoms with E-state index in [-0.39, 0.29) is 5.91 Å². The van der Waals surface area contributed by atoms with Gasteiger partial charge < -0.3 is 14.8 Å². The highest BCUT2D eigenvalue weighted by Crippen LogP contribution is 2.34.